The number of hydrogen-bond acceptors (Lipinski definition) is 4. The summed E-state index contributed by atoms with van der Waals surface area (Å²) in [6.45, 7) is 1.35. The molecule has 0 saturated carbocycles. The molecule has 3 rings (SSSR count). The number of carbonyl (C=O) groups is 2. The summed E-state index contributed by atoms with van der Waals surface area (Å²) < 4.78 is 20.6. The molecule has 144 valence electrons. The van der Waals surface area contributed by atoms with E-state index in [0.717, 1.165) is 12.8 Å². The number of ether oxygens (including phenoxy) is 1. The van der Waals surface area contributed by atoms with Crippen LogP contribution in [-0.4, -0.2) is 60.5 Å². The van der Waals surface area contributed by atoms with E-state index in [9.17, 15) is 14.0 Å². The van der Waals surface area contributed by atoms with E-state index in [1.165, 1.54) is 19.2 Å². The number of likely N-dealkylation sites (tertiary alicyclic amines) is 1. The molecule has 27 heavy (non-hydrogen) atoms. The number of esters is 1. The van der Waals surface area contributed by atoms with Crippen molar-refractivity contribution < 1.29 is 18.7 Å². The molecule has 2 aromatic rings. The number of aromatic nitrogens is 1. The lowest BCUT2D eigenvalue weighted by Gasteiger charge is -2.20. The largest absolute Gasteiger partial charge is 0.464 e. The average molecular weight is 373 g/mol. The van der Waals surface area contributed by atoms with Crippen LogP contribution in [0.25, 0.3) is 16.5 Å². The van der Waals surface area contributed by atoms with Gasteiger partial charge in [-0.3, -0.25) is 4.79 Å². The Kier molecular flexibility index (Phi) is 5.21. The molecule has 0 N–H and O–H groups in total. The standard InChI is InChI=1S/C20H24FN3O3/c1-22(2)12-15(19(25)24-9-5-6-10-24)17-14-11-13(21)7-8-16(14)23(3)18(17)20(26)27-4/h7-8,11-12H,5-6,9-10H2,1-4H3/b15-12-. The van der Waals surface area contributed by atoms with Gasteiger partial charge in [0.25, 0.3) is 5.91 Å². The third-order valence-electron chi connectivity index (χ3n) is 4.82. The smallest absolute Gasteiger partial charge is 0.355 e. The summed E-state index contributed by atoms with van der Waals surface area (Å²) in [4.78, 5) is 29.3. The lowest BCUT2D eigenvalue weighted by atomic mass is 10.0. The van der Waals surface area contributed by atoms with Gasteiger partial charge in [-0.1, -0.05) is 0 Å². The van der Waals surface area contributed by atoms with Crippen LogP contribution in [0.5, 0.6) is 0 Å². The van der Waals surface area contributed by atoms with Gasteiger partial charge in [0, 0.05) is 56.9 Å². The quantitative estimate of drug-likeness (QED) is 0.611. The van der Waals surface area contributed by atoms with Gasteiger partial charge in [0.15, 0.2) is 0 Å². The molecule has 0 atom stereocenters. The van der Waals surface area contributed by atoms with Gasteiger partial charge in [-0.05, 0) is 31.0 Å². The third-order valence-corrected chi connectivity index (χ3v) is 4.82. The fraction of sp³-hybridized carbons (Fsp3) is 0.400. The first-order chi connectivity index (χ1) is 12.8. The Labute approximate surface area is 157 Å². The minimum Gasteiger partial charge on any atom is -0.464 e. The molecule has 1 aliphatic heterocycles. The Balaban J connectivity index is 2.31. The Bertz CT molecular complexity index is 924. The first-order valence-electron chi connectivity index (χ1n) is 8.89. The van der Waals surface area contributed by atoms with Crippen LogP contribution in [-0.2, 0) is 16.6 Å². The second-order valence-corrected chi connectivity index (χ2v) is 6.94. The van der Waals surface area contributed by atoms with Gasteiger partial charge in [0.1, 0.15) is 11.5 Å². The van der Waals surface area contributed by atoms with E-state index in [0.29, 0.717) is 35.1 Å². The number of rotatable bonds is 4. The highest BCUT2D eigenvalue weighted by Gasteiger charge is 2.31. The number of methoxy groups -OCH3 is 1. The van der Waals surface area contributed by atoms with Gasteiger partial charge < -0.3 is 19.1 Å². The molecule has 7 heteroatoms. The zero-order valence-corrected chi connectivity index (χ0v) is 16.1. The van der Waals surface area contributed by atoms with Crippen molar-refractivity contribution in [3.63, 3.8) is 0 Å². The minimum atomic E-state index is -0.567. The van der Waals surface area contributed by atoms with Crippen molar-refractivity contribution in [3.8, 4) is 0 Å². The van der Waals surface area contributed by atoms with E-state index in [-0.39, 0.29) is 11.6 Å². The molecular formula is C20H24FN3O3. The maximum atomic E-state index is 14.0. The normalized spacial score (nSPS) is 14.7. The molecule has 2 heterocycles. The summed E-state index contributed by atoms with van der Waals surface area (Å²) in [7, 11) is 6.62. The van der Waals surface area contributed by atoms with Crippen LogP contribution < -0.4 is 0 Å². The Morgan fingerprint density at radius 1 is 1.22 bits per heavy atom. The summed E-state index contributed by atoms with van der Waals surface area (Å²) in [5.41, 5.74) is 1.66. The van der Waals surface area contributed by atoms with Crippen molar-refractivity contribution in [2.24, 2.45) is 7.05 Å². The summed E-state index contributed by atoms with van der Waals surface area (Å²) in [5.74, 6) is -1.16. The number of carbonyl (C=O) groups excluding carboxylic acids is 2. The van der Waals surface area contributed by atoms with Crippen molar-refractivity contribution in [1.82, 2.24) is 14.4 Å². The molecule has 1 fully saturated rings. The zero-order chi connectivity index (χ0) is 19.7. The first kappa shape index (κ1) is 18.9. The summed E-state index contributed by atoms with van der Waals surface area (Å²) in [6.07, 6.45) is 3.59. The number of benzene rings is 1. The predicted octanol–water partition coefficient (Wildman–Crippen LogP) is 2.63. The van der Waals surface area contributed by atoms with Gasteiger partial charge in [-0.15, -0.1) is 0 Å². The highest BCUT2D eigenvalue weighted by molar-refractivity contribution is 6.25. The highest BCUT2D eigenvalue weighted by atomic mass is 19.1. The summed E-state index contributed by atoms with van der Waals surface area (Å²) >= 11 is 0. The van der Waals surface area contributed by atoms with Crippen LogP contribution in [0.2, 0.25) is 0 Å². The maximum Gasteiger partial charge on any atom is 0.355 e. The van der Waals surface area contributed by atoms with E-state index in [1.54, 1.807) is 47.8 Å². The van der Waals surface area contributed by atoms with Crippen LogP contribution >= 0.6 is 0 Å². The molecule has 0 unspecified atom stereocenters. The van der Waals surface area contributed by atoms with Gasteiger partial charge >= 0.3 is 5.97 Å². The lowest BCUT2D eigenvalue weighted by molar-refractivity contribution is -0.124. The predicted molar refractivity (Wildman–Crippen MR) is 102 cm³/mol. The van der Waals surface area contributed by atoms with Gasteiger partial charge in [-0.25, -0.2) is 9.18 Å². The van der Waals surface area contributed by atoms with E-state index in [2.05, 4.69) is 0 Å². The van der Waals surface area contributed by atoms with E-state index in [1.807, 2.05) is 0 Å². The molecule has 0 bridgehead atoms. The molecular weight excluding hydrogens is 349 g/mol. The minimum absolute atomic E-state index is 0.164. The number of hydrogen-bond donors (Lipinski definition) is 0. The molecule has 0 aliphatic carbocycles. The second-order valence-electron chi connectivity index (χ2n) is 6.94. The van der Waals surface area contributed by atoms with Crippen LogP contribution in [0.4, 0.5) is 4.39 Å². The Hall–Kier alpha value is -2.83. The van der Waals surface area contributed by atoms with E-state index in [4.69, 9.17) is 4.74 Å². The topological polar surface area (TPSA) is 54.8 Å². The second kappa shape index (κ2) is 7.42. The monoisotopic (exact) mass is 373 g/mol. The first-order valence-corrected chi connectivity index (χ1v) is 8.89. The molecule has 0 radical (unpaired) electrons. The van der Waals surface area contributed by atoms with Crippen molar-refractivity contribution in [2.45, 2.75) is 12.8 Å². The SMILES string of the molecule is COC(=O)c1c(/C(=C/N(C)C)C(=O)N2CCCC2)c2cc(F)ccc2n1C. The lowest BCUT2D eigenvalue weighted by Crippen LogP contribution is -2.29. The highest BCUT2D eigenvalue weighted by Crippen LogP contribution is 2.34. The third kappa shape index (κ3) is 3.41. The molecule has 1 amide bonds. The zero-order valence-electron chi connectivity index (χ0n) is 16.1. The van der Waals surface area contributed by atoms with Crippen molar-refractivity contribution in [1.29, 1.82) is 0 Å². The summed E-state index contributed by atoms with van der Waals surface area (Å²) in [5, 5.41) is 0.513. The number of fused-ring (bicyclic) bond motifs is 1. The number of halogens is 1. The van der Waals surface area contributed by atoms with Crippen molar-refractivity contribution in [3.05, 3.63) is 41.5 Å². The number of nitrogens with zero attached hydrogens (tertiary/aromatic N) is 3. The van der Waals surface area contributed by atoms with Gasteiger partial charge in [0.2, 0.25) is 0 Å². The fourth-order valence-corrected chi connectivity index (χ4v) is 3.60. The Morgan fingerprint density at radius 2 is 1.89 bits per heavy atom. The van der Waals surface area contributed by atoms with Crippen LogP contribution in [0, 0.1) is 5.82 Å². The van der Waals surface area contributed by atoms with Crippen LogP contribution in [0.1, 0.15) is 28.9 Å². The van der Waals surface area contributed by atoms with Crippen molar-refractivity contribution >= 4 is 28.4 Å². The number of amides is 1. The maximum absolute atomic E-state index is 14.0. The molecule has 6 nitrogen and oxygen atoms in total. The average Bonchev–Trinajstić information content (AvgIpc) is 3.25. The Morgan fingerprint density at radius 3 is 2.48 bits per heavy atom. The van der Waals surface area contributed by atoms with E-state index >= 15 is 0 Å². The molecule has 0 spiro atoms. The van der Waals surface area contributed by atoms with Crippen LogP contribution in [0.3, 0.4) is 0 Å². The van der Waals surface area contributed by atoms with Gasteiger partial charge in [0.05, 0.1) is 12.7 Å². The van der Waals surface area contributed by atoms with Gasteiger partial charge in [-0.2, -0.15) is 0 Å². The van der Waals surface area contributed by atoms with Crippen molar-refractivity contribution in [2.75, 3.05) is 34.3 Å². The molecule has 1 aliphatic rings. The van der Waals surface area contributed by atoms with E-state index < -0.39 is 11.8 Å². The molecule has 1 aromatic heterocycles. The fourth-order valence-electron chi connectivity index (χ4n) is 3.60. The molecule has 1 aromatic carbocycles. The number of aryl methyl sites for hydroxylation is 1. The molecule has 1 saturated heterocycles. The summed E-state index contributed by atoms with van der Waals surface area (Å²) in [6, 6.07) is 4.30. The van der Waals surface area contributed by atoms with Crippen LogP contribution in [0.15, 0.2) is 24.4 Å².